The molecule has 1 amide bonds. The molecule has 100 valence electrons. The molecule has 0 heterocycles. The zero-order chi connectivity index (χ0) is 13.4. The summed E-state index contributed by atoms with van der Waals surface area (Å²) in [6.07, 6.45) is 6.66. The fourth-order valence-electron chi connectivity index (χ4n) is 3.16. The third-order valence-corrected chi connectivity index (χ3v) is 4.27. The first-order chi connectivity index (χ1) is 9.13. The van der Waals surface area contributed by atoms with Crippen molar-refractivity contribution in [1.29, 1.82) is 0 Å². The minimum atomic E-state index is 0.170. The molecule has 3 nitrogen and oxygen atoms in total. The van der Waals surface area contributed by atoms with E-state index in [0.29, 0.717) is 11.8 Å². The van der Waals surface area contributed by atoms with Crippen LogP contribution in [0.1, 0.15) is 12.8 Å². The van der Waals surface area contributed by atoms with Crippen LogP contribution in [0, 0.1) is 17.8 Å². The molecular formula is C16H20N2O. The van der Waals surface area contributed by atoms with Gasteiger partial charge < -0.3 is 10.2 Å². The van der Waals surface area contributed by atoms with Gasteiger partial charge in [-0.25, -0.2) is 0 Å². The number of allylic oxidation sites excluding steroid dienone is 2. The molecule has 1 N–H and O–H groups in total. The summed E-state index contributed by atoms with van der Waals surface area (Å²) in [5.41, 5.74) is 2.03. The largest absolute Gasteiger partial charge is 0.378 e. The first kappa shape index (κ1) is 12.3. The maximum Gasteiger partial charge on any atom is 0.228 e. The van der Waals surface area contributed by atoms with Crippen LogP contribution < -0.4 is 10.2 Å². The molecule has 3 rings (SSSR count). The normalized spacial score (nSPS) is 27.6. The average Bonchev–Trinajstić information content (AvgIpc) is 3.01. The van der Waals surface area contributed by atoms with Crippen molar-refractivity contribution in [1.82, 2.24) is 0 Å². The van der Waals surface area contributed by atoms with Gasteiger partial charge in [-0.05, 0) is 48.9 Å². The Balaban J connectivity index is 1.65. The lowest BCUT2D eigenvalue weighted by molar-refractivity contribution is -0.120. The molecule has 2 aliphatic carbocycles. The molecule has 3 atom stereocenters. The van der Waals surface area contributed by atoms with Crippen molar-refractivity contribution < 1.29 is 4.79 Å². The number of hydrogen-bond acceptors (Lipinski definition) is 2. The van der Waals surface area contributed by atoms with E-state index in [1.807, 2.05) is 43.3 Å². The van der Waals surface area contributed by atoms with E-state index >= 15 is 0 Å². The smallest absolute Gasteiger partial charge is 0.228 e. The van der Waals surface area contributed by atoms with Crippen LogP contribution in [0.3, 0.4) is 0 Å². The zero-order valence-electron chi connectivity index (χ0n) is 11.5. The lowest BCUT2D eigenvalue weighted by Crippen LogP contribution is -2.25. The Morgan fingerprint density at radius 2 is 1.89 bits per heavy atom. The van der Waals surface area contributed by atoms with Crippen LogP contribution in [-0.4, -0.2) is 20.0 Å². The number of benzene rings is 1. The molecule has 1 aromatic rings. The lowest BCUT2D eigenvalue weighted by atomic mass is 9.93. The minimum Gasteiger partial charge on any atom is -0.378 e. The molecule has 0 radical (unpaired) electrons. The van der Waals surface area contributed by atoms with Gasteiger partial charge in [0.05, 0.1) is 0 Å². The Kier molecular flexibility index (Phi) is 3.05. The molecule has 0 aliphatic heterocycles. The standard InChI is InChI=1S/C16H20N2O/c1-18(2)14-7-5-13(6-8-14)17-16(19)15-10-11-3-4-12(15)9-11/h3-8,11-12,15H,9-10H2,1-2H3,(H,17,19). The van der Waals surface area contributed by atoms with Crippen molar-refractivity contribution in [3.8, 4) is 0 Å². The van der Waals surface area contributed by atoms with E-state index in [1.165, 1.54) is 0 Å². The summed E-state index contributed by atoms with van der Waals surface area (Å²) in [7, 11) is 4.02. The van der Waals surface area contributed by atoms with Crippen molar-refractivity contribution in [2.45, 2.75) is 12.8 Å². The molecular weight excluding hydrogens is 236 g/mol. The molecule has 3 unspecified atom stereocenters. The average molecular weight is 256 g/mol. The van der Waals surface area contributed by atoms with Crippen LogP contribution in [0.5, 0.6) is 0 Å². The maximum absolute atomic E-state index is 12.3. The number of nitrogens with one attached hydrogen (secondary N) is 1. The number of rotatable bonds is 3. The first-order valence-electron chi connectivity index (χ1n) is 6.90. The van der Waals surface area contributed by atoms with E-state index < -0.39 is 0 Å². The fourth-order valence-corrected chi connectivity index (χ4v) is 3.16. The summed E-state index contributed by atoms with van der Waals surface area (Å²) in [5, 5.41) is 3.04. The number of carbonyl (C=O) groups excluding carboxylic acids is 1. The van der Waals surface area contributed by atoms with Gasteiger partial charge in [0.1, 0.15) is 0 Å². The first-order valence-corrected chi connectivity index (χ1v) is 6.90. The van der Waals surface area contributed by atoms with Crippen LogP contribution in [0.2, 0.25) is 0 Å². The van der Waals surface area contributed by atoms with Crippen molar-refractivity contribution >= 4 is 17.3 Å². The van der Waals surface area contributed by atoms with Crippen molar-refractivity contribution in [3.63, 3.8) is 0 Å². The Morgan fingerprint density at radius 3 is 2.42 bits per heavy atom. The number of fused-ring (bicyclic) bond motifs is 2. The van der Waals surface area contributed by atoms with Gasteiger partial charge in [-0.1, -0.05) is 12.2 Å². The number of hydrogen-bond donors (Lipinski definition) is 1. The second-order valence-corrected chi connectivity index (χ2v) is 5.82. The quantitative estimate of drug-likeness (QED) is 0.843. The van der Waals surface area contributed by atoms with Gasteiger partial charge in [-0.15, -0.1) is 0 Å². The molecule has 1 fully saturated rings. The molecule has 1 aromatic carbocycles. The van der Waals surface area contributed by atoms with Crippen molar-refractivity contribution in [2.24, 2.45) is 17.8 Å². The topological polar surface area (TPSA) is 32.3 Å². The predicted molar refractivity (Wildman–Crippen MR) is 78.2 cm³/mol. The second kappa shape index (κ2) is 4.72. The van der Waals surface area contributed by atoms with E-state index in [0.717, 1.165) is 24.2 Å². The molecule has 2 bridgehead atoms. The molecule has 3 heteroatoms. The van der Waals surface area contributed by atoms with E-state index in [-0.39, 0.29) is 11.8 Å². The second-order valence-electron chi connectivity index (χ2n) is 5.82. The van der Waals surface area contributed by atoms with Gasteiger partial charge in [0.15, 0.2) is 0 Å². The highest BCUT2D eigenvalue weighted by Crippen LogP contribution is 2.43. The highest BCUT2D eigenvalue weighted by molar-refractivity contribution is 5.93. The van der Waals surface area contributed by atoms with E-state index in [2.05, 4.69) is 17.5 Å². The van der Waals surface area contributed by atoms with Gasteiger partial charge in [0.25, 0.3) is 0 Å². The molecule has 1 saturated carbocycles. The van der Waals surface area contributed by atoms with Gasteiger partial charge >= 0.3 is 0 Å². The van der Waals surface area contributed by atoms with Crippen LogP contribution >= 0.6 is 0 Å². The number of amides is 1. The van der Waals surface area contributed by atoms with Crippen LogP contribution in [0.15, 0.2) is 36.4 Å². The summed E-state index contributed by atoms with van der Waals surface area (Å²) < 4.78 is 0. The third kappa shape index (κ3) is 2.37. The van der Waals surface area contributed by atoms with E-state index in [4.69, 9.17) is 0 Å². The Hall–Kier alpha value is -1.77. The van der Waals surface area contributed by atoms with Gasteiger partial charge in [-0.2, -0.15) is 0 Å². The van der Waals surface area contributed by atoms with Crippen LogP contribution in [0.25, 0.3) is 0 Å². The Morgan fingerprint density at radius 1 is 1.16 bits per heavy atom. The lowest BCUT2D eigenvalue weighted by Gasteiger charge is -2.18. The number of carbonyl (C=O) groups is 1. The summed E-state index contributed by atoms with van der Waals surface area (Å²) in [6.45, 7) is 0. The summed E-state index contributed by atoms with van der Waals surface area (Å²) in [4.78, 5) is 14.3. The highest BCUT2D eigenvalue weighted by atomic mass is 16.1. The van der Waals surface area contributed by atoms with Gasteiger partial charge in [0.2, 0.25) is 5.91 Å². The van der Waals surface area contributed by atoms with E-state index in [9.17, 15) is 4.79 Å². The molecule has 0 aromatic heterocycles. The predicted octanol–water partition coefficient (Wildman–Crippen LogP) is 2.90. The number of anilines is 2. The van der Waals surface area contributed by atoms with Crippen molar-refractivity contribution in [3.05, 3.63) is 36.4 Å². The summed E-state index contributed by atoms with van der Waals surface area (Å²) in [5.74, 6) is 1.45. The van der Waals surface area contributed by atoms with Gasteiger partial charge in [-0.3, -0.25) is 4.79 Å². The molecule has 2 aliphatic rings. The fraction of sp³-hybridized carbons (Fsp3) is 0.438. The highest BCUT2D eigenvalue weighted by Gasteiger charge is 2.39. The molecule has 19 heavy (non-hydrogen) atoms. The Bertz CT molecular complexity index is 504. The summed E-state index contributed by atoms with van der Waals surface area (Å²) >= 11 is 0. The maximum atomic E-state index is 12.3. The van der Waals surface area contributed by atoms with E-state index in [1.54, 1.807) is 0 Å². The zero-order valence-corrected chi connectivity index (χ0v) is 11.5. The van der Waals surface area contributed by atoms with Gasteiger partial charge in [0, 0.05) is 31.4 Å². The molecule has 0 spiro atoms. The summed E-state index contributed by atoms with van der Waals surface area (Å²) in [6, 6.07) is 7.99. The monoisotopic (exact) mass is 256 g/mol. The third-order valence-electron chi connectivity index (χ3n) is 4.27. The van der Waals surface area contributed by atoms with Crippen molar-refractivity contribution in [2.75, 3.05) is 24.3 Å². The van der Waals surface area contributed by atoms with Crippen LogP contribution in [-0.2, 0) is 4.79 Å². The molecule has 0 saturated heterocycles. The number of nitrogens with zero attached hydrogens (tertiary/aromatic N) is 1. The minimum absolute atomic E-state index is 0.170. The Labute approximate surface area is 114 Å². The SMILES string of the molecule is CN(C)c1ccc(NC(=O)C2CC3C=CC2C3)cc1. The van der Waals surface area contributed by atoms with Crippen LogP contribution in [0.4, 0.5) is 11.4 Å².